The first-order valence-corrected chi connectivity index (χ1v) is 2.23. The van der Waals surface area contributed by atoms with Gasteiger partial charge in [-0.15, -0.1) is 0 Å². The van der Waals surface area contributed by atoms with E-state index in [1.54, 1.807) is 14.2 Å². The van der Waals surface area contributed by atoms with E-state index in [-0.39, 0.29) is 45.4 Å². The SMILES string of the molecule is C[O][Al][O]C.[Na]. The van der Waals surface area contributed by atoms with Crippen LogP contribution in [0.2, 0.25) is 0 Å². The molecule has 0 aliphatic heterocycles. The molecule has 0 atom stereocenters. The van der Waals surface area contributed by atoms with Crippen molar-refractivity contribution >= 4 is 45.4 Å². The van der Waals surface area contributed by atoms with Crippen molar-refractivity contribution in [3.63, 3.8) is 0 Å². The summed E-state index contributed by atoms with van der Waals surface area (Å²) in [5, 5.41) is 0. The summed E-state index contributed by atoms with van der Waals surface area (Å²) >= 11 is -0.185. The minimum absolute atomic E-state index is 0. The van der Waals surface area contributed by atoms with Gasteiger partial charge in [0, 0.05) is 43.8 Å². The zero-order valence-electron chi connectivity index (χ0n) is 4.39. The van der Waals surface area contributed by atoms with Gasteiger partial charge >= 0.3 is 15.9 Å². The second-order valence-corrected chi connectivity index (χ2v) is 1.70. The van der Waals surface area contributed by atoms with Crippen molar-refractivity contribution in [1.29, 1.82) is 0 Å². The summed E-state index contributed by atoms with van der Waals surface area (Å²) in [6.07, 6.45) is 0. The first kappa shape index (κ1) is 10.4. The largest absolute Gasteiger partial charge is 0.667 e. The van der Waals surface area contributed by atoms with Crippen LogP contribution < -0.4 is 0 Å². The molecule has 4 heteroatoms. The van der Waals surface area contributed by atoms with Crippen molar-refractivity contribution in [2.24, 2.45) is 0 Å². The molecule has 6 heavy (non-hydrogen) atoms. The van der Waals surface area contributed by atoms with Crippen molar-refractivity contribution in [2.45, 2.75) is 0 Å². The smallest absolute Gasteiger partial charge is 0.486 e. The maximum Gasteiger partial charge on any atom is 0.667 e. The quantitative estimate of drug-likeness (QED) is 0.445. The standard InChI is InChI=1S/2CH3O.Al.Na/c2*1-2;;/h2*1H3;;/q2*-1;+2;. The van der Waals surface area contributed by atoms with E-state index in [1.807, 2.05) is 0 Å². The Labute approximate surface area is 66.9 Å². The third-order valence-electron chi connectivity index (χ3n) is 0.192. The Kier molecular flexibility index (Phi) is 16.8. The molecule has 30 valence electrons. The summed E-state index contributed by atoms with van der Waals surface area (Å²) in [5.41, 5.74) is 0. The molecular formula is C2H6AlNaO2. The fourth-order valence-corrected chi connectivity index (χ4v) is 0.289. The normalized spacial score (nSPS) is 6.33. The molecule has 0 bridgehead atoms. The Hall–Kier alpha value is 1.45. The molecule has 0 aromatic heterocycles. The van der Waals surface area contributed by atoms with Crippen molar-refractivity contribution in [2.75, 3.05) is 14.2 Å². The Morgan fingerprint density at radius 2 is 1.50 bits per heavy atom. The van der Waals surface area contributed by atoms with Gasteiger partial charge in [-0.05, 0) is 0 Å². The maximum absolute atomic E-state index is 4.55. The second kappa shape index (κ2) is 9.68. The molecular weight excluding hydrogens is 106 g/mol. The molecule has 0 aromatic carbocycles. The fraction of sp³-hybridized carbons (Fsp3) is 1.00. The monoisotopic (exact) mass is 112 g/mol. The third-order valence-corrected chi connectivity index (χ3v) is 0.577. The molecule has 0 saturated carbocycles. The molecule has 0 unspecified atom stereocenters. The van der Waals surface area contributed by atoms with E-state index in [0.717, 1.165) is 0 Å². The van der Waals surface area contributed by atoms with Crippen molar-refractivity contribution < 1.29 is 7.58 Å². The minimum Gasteiger partial charge on any atom is -0.486 e. The average molecular weight is 112 g/mol. The summed E-state index contributed by atoms with van der Waals surface area (Å²) in [5.74, 6) is 0. The topological polar surface area (TPSA) is 18.5 Å². The summed E-state index contributed by atoms with van der Waals surface area (Å²) in [6.45, 7) is 0. The van der Waals surface area contributed by atoms with Crippen LogP contribution in [0.3, 0.4) is 0 Å². The third kappa shape index (κ3) is 9.07. The van der Waals surface area contributed by atoms with Crippen LogP contribution in [-0.4, -0.2) is 59.7 Å². The number of rotatable bonds is 2. The predicted molar refractivity (Wildman–Crippen MR) is 25.5 cm³/mol. The predicted octanol–water partition coefficient (Wildman–Crippen LogP) is -0.567. The van der Waals surface area contributed by atoms with Gasteiger partial charge in [0.25, 0.3) is 0 Å². The molecule has 0 aromatic rings. The molecule has 2 nitrogen and oxygen atoms in total. The summed E-state index contributed by atoms with van der Waals surface area (Å²) in [7, 11) is 3.25. The first-order chi connectivity index (χ1) is 2.41. The van der Waals surface area contributed by atoms with Crippen molar-refractivity contribution in [3.8, 4) is 0 Å². The van der Waals surface area contributed by atoms with Crippen LogP contribution in [0.15, 0.2) is 0 Å². The molecule has 2 radical (unpaired) electrons. The second-order valence-electron chi connectivity index (χ2n) is 0.568. The number of hydrogen-bond donors (Lipinski definition) is 0. The van der Waals surface area contributed by atoms with Gasteiger partial charge in [-0.2, -0.15) is 0 Å². The van der Waals surface area contributed by atoms with Gasteiger partial charge in [0.05, 0.1) is 0 Å². The maximum atomic E-state index is 4.55. The molecule has 0 spiro atoms. The number of hydrogen-bond acceptors (Lipinski definition) is 2. The van der Waals surface area contributed by atoms with E-state index < -0.39 is 0 Å². The van der Waals surface area contributed by atoms with Crippen LogP contribution in [-0.2, 0) is 7.58 Å². The molecule has 0 aliphatic rings. The van der Waals surface area contributed by atoms with Gasteiger partial charge in [0.2, 0.25) is 0 Å². The van der Waals surface area contributed by atoms with E-state index in [0.29, 0.717) is 0 Å². The van der Waals surface area contributed by atoms with Crippen LogP contribution in [0.5, 0.6) is 0 Å². The fourth-order valence-electron chi connectivity index (χ4n) is 0.0962. The van der Waals surface area contributed by atoms with E-state index in [9.17, 15) is 0 Å². The van der Waals surface area contributed by atoms with Crippen LogP contribution in [0, 0.1) is 0 Å². The van der Waals surface area contributed by atoms with Crippen LogP contribution in [0.1, 0.15) is 0 Å². The van der Waals surface area contributed by atoms with Gasteiger partial charge in [0.15, 0.2) is 0 Å². The van der Waals surface area contributed by atoms with Crippen LogP contribution in [0.4, 0.5) is 0 Å². The molecule has 0 N–H and O–H groups in total. The molecule has 0 heterocycles. The van der Waals surface area contributed by atoms with E-state index >= 15 is 0 Å². The first-order valence-electron chi connectivity index (χ1n) is 1.29. The zero-order chi connectivity index (χ0) is 4.12. The molecule has 0 amide bonds. The van der Waals surface area contributed by atoms with Gasteiger partial charge in [-0.3, -0.25) is 0 Å². The van der Waals surface area contributed by atoms with E-state index in [1.165, 1.54) is 0 Å². The Balaban J connectivity index is 0. The van der Waals surface area contributed by atoms with Crippen molar-refractivity contribution in [3.05, 3.63) is 0 Å². The Morgan fingerprint density at radius 3 is 1.50 bits per heavy atom. The van der Waals surface area contributed by atoms with Crippen LogP contribution >= 0.6 is 0 Å². The summed E-state index contributed by atoms with van der Waals surface area (Å²) in [4.78, 5) is 0. The Morgan fingerprint density at radius 1 is 1.17 bits per heavy atom. The molecule has 0 aliphatic carbocycles. The Bertz CT molecular complexity index is 19.0. The van der Waals surface area contributed by atoms with Gasteiger partial charge in [-0.25, -0.2) is 0 Å². The average Bonchev–Trinajstić information content (AvgIpc) is 1.41. The van der Waals surface area contributed by atoms with E-state index in [4.69, 9.17) is 0 Å². The summed E-state index contributed by atoms with van der Waals surface area (Å²) in [6, 6.07) is 0. The molecule has 0 fully saturated rings. The van der Waals surface area contributed by atoms with Gasteiger partial charge in [0.1, 0.15) is 0 Å². The van der Waals surface area contributed by atoms with Crippen LogP contribution in [0.25, 0.3) is 0 Å². The zero-order valence-corrected chi connectivity index (χ0v) is 7.55. The van der Waals surface area contributed by atoms with Crippen molar-refractivity contribution in [1.82, 2.24) is 0 Å². The summed E-state index contributed by atoms with van der Waals surface area (Å²) < 4.78 is 9.10. The molecule has 0 rings (SSSR count). The minimum atomic E-state index is -0.185. The molecule has 0 saturated heterocycles. The van der Waals surface area contributed by atoms with Gasteiger partial charge < -0.3 is 7.58 Å². The van der Waals surface area contributed by atoms with E-state index in [2.05, 4.69) is 7.58 Å². The van der Waals surface area contributed by atoms with Gasteiger partial charge in [-0.1, -0.05) is 0 Å².